The minimum absolute atomic E-state index is 0.172. The van der Waals surface area contributed by atoms with Gasteiger partial charge in [0, 0.05) is 6.54 Å². The number of nitrogens with one attached hydrogen (secondary N) is 1. The molecule has 3 rings (SSSR count). The second kappa shape index (κ2) is 7.25. The first-order chi connectivity index (χ1) is 12.0. The van der Waals surface area contributed by atoms with Crippen molar-refractivity contribution in [3.05, 3.63) is 44.6 Å². The van der Waals surface area contributed by atoms with Crippen molar-refractivity contribution < 1.29 is 9.90 Å². The first kappa shape index (κ1) is 17.5. The summed E-state index contributed by atoms with van der Waals surface area (Å²) in [5.41, 5.74) is 1.05. The number of hydrogen-bond donors (Lipinski definition) is 2. The molecule has 0 aliphatic heterocycles. The number of aryl methyl sites for hydroxylation is 1. The van der Waals surface area contributed by atoms with E-state index in [0.29, 0.717) is 30.3 Å². The first-order valence-electron chi connectivity index (χ1n) is 8.98. The minimum atomic E-state index is -0.748. The van der Waals surface area contributed by atoms with Gasteiger partial charge in [-0.2, -0.15) is 0 Å². The normalized spacial score (nSPS) is 20.7. The number of aromatic amines is 1. The third kappa shape index (κ3) is 3.67. The molecule has 0 spiro atoms. The maximum Gasteiger partial charge on any atom is 0.328 e. The van der Waals surface area contributed by atoms with Crippen molar-refractivity contribution in [1.29, 1.82) is 0 Å². The fourth-order valence-corrected chi connectivity index (χ4v) is 3.76. The Morgan fingerprint density at radius 3 is 2.60 bits per heavy atom. The van der Waals surface area contributed by atoms with E-state index in [1.165, 1.54) is 4.57 Å². The van der Waals surface area contributed by atoms with Gasteiger partial charge in [0.15, 0.2) is 0 Å². The molecule has 1 aliphatic carbocycles. The van der Waals surface area contributed by atoms with Crippen LogP contribution in [0.4, 0.5) is 0 Å². The molecule has 1 fully saturated rings. The van der Waals surface area contributed by atoms with Crippen LogP contribution in [-0.2, 0) is 17.8 Å². The average Bonchev–Trinajstić information content (AvgIpc) is 2.59. The van der Waals surface area contributed by atoms with Crippen LogP contribution in [0, 0.1) is 11.8 Å². The molecule has 2 aromatic rings. The van der Waals surface area contributed by atoms with Crippen molar-refractivity contribution in [1.82, 2.24) is 9.55 Å². The number of carboxylic acids is 1. The van der Waals surface area contributed by atoms with Gasteiger partial charge >= 0.3 is 11.7 Å². The van der Waals surface area contributed by atoms with E-state index in [1.54, 1.807) is 6.07 Å². The van der Waals surface area contributed by atoms with Crippen LogP contribution < -0.4 is 11.2 Å². The molecule has 0 unspecified atom stereocenters. The Balaban J connectivity index is 1.85. The van der Waals surface area contributed by atoms with E-state index >= 15 is 0 Å². The monoisotopic (exact) mass is 344 g/mol. The Morgan fingerprint density at radius 1 is 1.24 bits per heavy atom. The van der Waals surface area contributed by atoms with Gasteiger partial charge in [0.1, 0.15) is 0 Å². The van der Waals surface area contributed by atoms with E-state index in [2.05, 4.69) is 11.9 Å². The summed E-state index contributed by atoms with van der Waals surface area (Å²) < 4.78 is 1.27. The minimum Gasteiger partial charge on any atom is -0.481 e. The Morgan fingerprint density at radius 2 is 1.96 bits per heavy atom. The Hall–Kier alpha value is -2.37. The Bertz CT molecular complexity index is 888. The van der Waals surface area contributed by atoms with E-state index in [4.69, 9.17) is 5.11 Å². The summed E-state index contributed by atoms with van der Waals surface area (Å²) in [6.07, 6.45) is 4.60. The van der Waals surface area contributed by atoms with Gasteiger partial charge in [-0.05, 0) is 55.7 Å². The molecule has 1 aliphatic rings. The molecular weight excluding hydrogens is 320 g/mol. The molecule has 6 heteroatoms. The van der Waals surface area contributed by atoms with E-state index in [9.17, 15) is 14.4 Å². The average molecular weight is 344 g/mol. The van der Waals surface area contributed by atoms with Crippen molar-refractivity contribution in [2.75, 3.05) is 0 Å². The van der Waals surface area contributed by atoms with Gasteiger partial charge in [-0.3, -0.25) is 14.2 Å². The maximum atomic E-state index is 12.7. The van der Waals surface area contributed by atoms with Crippen LogP contribution in [0.1, 0.15) is 44.6 Å². The SMILES string of the molecule is CCCc1ccc2c(=O)n(CC3CCC(C(=O)O)CC3)c(=O)[nH]c2c1. The summed E-state index contributed by atoms with van der Waals surface area (Å²) >= 11 is 0. The van der Waals surface area contributed by atoms with Crippen LogP contribution in [-0.4, -0.2) is 20.6 Å². The second-order valence-corrected chi connectivity index (χ2v) is 7.03. The lowest BCUT2D eigenvalue weighted by Crippen LogP contribution is -2.38. The number of benzene rings is 1. The van der Waals surface area contributed by atoms with Crippen LogP contribution in [0.3, 0.4) is 0 Å². The molecule has 0 saturated heterocycles. The molecule has 6 nitrogen and oxygen atoms in total. The van der Waals surface area contributed by atoms with Crippen LogP contribution in [0.2, 0.25) is 0 Å². The fraction of sp³-hybridized carbons (Fsp3) is 0.526. The zero-order valence-corrected chi connectivity index (χ0v) is 14.5. The number of nitrogens with zero attached hydrogens (tertiary/aromatic N) is 1. The van der Waals surface area contributed by atoms with Crippen LogP contribution >= 0.6 is 0 Å². The first-order valence-corrected chi connectivity index (χ1v) is 8.98. The molecule has 1 saturated carbocycles. The molecule has 0 radical (unpaired) electrons. The summed E-state index contributed by atoms with van der Waals surface area (Å²) in [6.45, 7) is 2.44. The van der Waals surface area contributed by atoms with Gasteiger partial charge in [-0.1, -0.05) is 19.4 Å². The zero-order chi connectivity index (χ0) is 18.0. The smallest absolute Gasteiger partial charge is 0.328 e. The summed E-state index contributed by atoms with van der Waals surface area (Å²) in [5, 5.41) is 9.60. The van der Waals surface area contributed by atoms with E-state index < -0.39 is 5.97 Å². The van der Waals surface area contributed by atoms with Crippen LogP contribution in [0.5, 0.6) is 0 Å². The quantitative estimate of drug-likeness (QED) is 0.872. The summed E-state index contributed by atoms with van der Waals surface area (Å²) in [6, 6.07) is 5.61. The number of aromatic nitrogens is 2. The number of carbonyl (C=O) groups is 1. The van der Waals surface area contributed by atoms with Crippen LogP contribution in [0.25, 0.3) is 10.9 Å². The molecule has 1 aromatic heterocycles. The lowest BCUT2D eigenvalue weighted by Gasteiger charge is -2.26. The lowest BCUT2D eigenvalue weighted by atomic mass is 9.82. The summed E-state index contributed by atoms with van der Waals surface area (Å²) in [7, 11) is 0. The van der Waals surface area contributed by atoms with Gasteiger partial charge < -0.3 is 10.1 Å². The van der Waals surface area contributed by atoms with Crippen molar-refractivity contribution >= 4 is 16.9 Å². The summed E-state index contributed by atoms with van der Waals surface area (Å²) in [4.78, 5) is 39.0. The maximum absolute atomic E-state index is 12.7. The zero-order valence-electron chi connectivity index (χ0n) is 14.5. The highest BCUT2D eigenvalue weighted by Gasteiger charge is 2.26. The highest BCUT2D eigenvalue weighted by molar-refractivity contribution is 5.78. The molecule has 25 heavy (non-hydrogen) atoms. The molecule has 0 bridgehead atoms. The predicted molar refractivity (Wildman–Crippen MR) is 95.9 cm³/mol. The molecule has 0 amide bonds. The van der Waals surface area contributed by atoms with E-state index in [0.717, 1.165) is 31.2 Å². The lowest BCUT2D eigenvalue weighted by molar-refractivity contribution is -0.143. The van der Waals surface area contributed by atoms with Crippen molar-refractivity contribution in [2.45, 2.75) is 52.0 Å². The van der Waals surface area contributed by atoms with E-state index in [1.807, 2.05) is 12.1 Å². The highest BCUT2D eigenvalue weighted by atomic mass is 16.4. The van der Waals surface area contributed by atoms with Crippen molar-refractivity contribution in [3.8, 4) is 0 Å². The summed E-state index contributed by atoms with van der Waals surface area (Å²) in [5.74, 6) is -0.867. The molecule has 1 aromatic carbocycles. The predicted octanol–water partition coefficient (Wildman–Crippen LogP) is 2.53. The van der Waals surface area contributed by atoms with Gasteiger partial charge in [0.05, 0.1) is 16.8 Å². The number of rotatable bonds is 5. The molecule has 134 valence electrons. The Labute approximate surface area is 145 Å². The third-order valence-corrected chi connectivity index (χ3v) is 5.22. The highest BCUT2D eigenvalue weighted by Crippen LogP contribution is 2.29. The molecule has 0 atom stereocenters. The van der Waals surface area contributed by atoms with Gasteiger partial charge in [0.25, 0.3) is 5.56 Å². The van der Waals surface area contributed by atoms with Crippen molar-refractivity contribution in [2.24, 2.45) is 11.8 Å². The molecule has 1 heterocycles. The topological polar surface area (TPSA) is 92.2 Å². The van der Waals surface area contributed by atoms with E-state index in [-0.39, 0.29) is 23.1 Å². The van der Waals surface area contributed by atoms with Crippen LogP contribution in [0.15, 0.2) is 27.8 Å². The third-order valence-electron chi connectivity index (χ3n) is 5.22. The standard InChI is InChI=1S/C19H24N2O4/c1-2-3-12-6-9-15-16(10-12)20-19(25)21(17(15)22)11-13-4-7-14(8-5-13)18(23)24/h6,9-10,13-14H,2-5,7-8,11H2,1H3,(H,20,25)(H,23,24). The van der Waals surface area contributed by atoms with Gasteiger partial charge in [-0.25, -0.2) is 4.79 Å². The van der Waals surface area contributed by atoms with Gasteiger partial charge in [0.2, 0.25) is 0 Å². The number of carboxylic acid groups (broad SMARTS) is 1. The number of hydrogen-bond acceptors (Lipinski definition) is 3. The van der Waals surface area contributed by atoms with Crippen molar-refractivity contribution in [3.63, 3.8) is 0 Å². The largest absolute Gasteiger partial charge is 0.481 e. The fourth-order valence-electron chi connectivity index (χ4n) is 3.76. The second-order valence-electron chi connectivity index (χ2n) is 7.03. The molecular formula is C19H24N2O4. The number of aliphatic carboxylic acids is 1. The Kier molecular flexibility index (Phi) is 5.06. The van der Waals surface area contributed by atoms with Gasteiger partial charge in [-0.15, -0.1) is 0 Å². The molecule has 2 N–H and O–H groups in total. The number of H-pyrrole nitrogens is 1. The number of fused-ring (bicyclic) bond motifs is 1.